The van der Waals surface area contributed by atoms with Crippen LogP contribution in [-0.4, -0.2) is 26.7 Å². The molecule has 0 bridgehead atoms. The summed E-state index contributed by atoms with van der Waals surface area (Å²) in [6, 6.07) is 18.0. The van der Waals surface area contributed by atoms with Crippen LogP contribution in [0.1, 0.15) is 24.2 Å². The van der Waals surface area contributed by atoms with E-state index in [0.717, 1.165) is 16.3 Å². The van der Waals surface area contributed by atoms with E-state index >= 15 is 0 Å². The lowest BCUT2D eigenvalue weighted by Crippen LogP contribution is -2.28. The highest BCUT2D eigenvalue weighted by Gasteiger charge is 2.19. The Labute approximate surface area is 159 Å². The Kier molecular flexibility index (Phi) is 5.79. The molecule has 0 radical (unpaired) electrons. The fourth-order valence-electron chi connectivity index (χ4n) is 3.03. The van der Waals surface area contributed by atoms with Crippen molar-refractivity contribution in [2.75, 3.05) is 13.2 Å². The van der Waals surface area contributed by atoms with Crippen LogP contribution < -0.4 is 9.46 Å². The fourth-order valence-corrected chi connectivity index (χ4v) is 4.15. The predicted molar refractivity (Wildman–Crippen MR) is 106 cm³/mol. The second kappa shape index (κ2) is 8.08. The second-order valence-electron chi connectivity index (χ2n) is 6.30. The Morgan fingerprint density at radius 3 is 2.56 bits per heavy atom. The molecular formula is C21H23NO4S. The molecule has 142 valence electrons. The van der Waals surface area contributed by atoms with Gasteiger partial charge in [-0.2, -0.15) is 0 Å². The molecule has 0 heterocycles. The first-order chi connectivity index (χ1) is 12.9. The zero-order valence-electron chi connectivity index (χ0n) is 15.3. The Morgan fingerprint density at radius 2 is 1.81 bits per heavy atom. The van der Waals surface area contributed by atoms with E-state index in [1.54, 1.807) is 19.1 Å². The molecule has 0 aliphatic rings. The number of fused-ring (bicyclic) bond motifs is 1. The van der Waals surface area contributed by atoms with E-state index in [0.29, 0.717) is 17.9 Å². The third-order valence-corrected chi connectivity index (χ3v) is 5.83. The Balaban J connectivity index is 1.77. The summed E-state index contributed by atoms with van der Waals surface area (Å²) < 4.78 is 33.1. The van der Waals surface area contributed by atoms with Gasteiger partial charge in [0.2, 0.25) is 10.0 Å². The third kappa shape index (κ3) is 4.30. The monoisotopic (exact) mass is 385 g/mol. The summed E-state index contributed by atoms with van der Waals surface area (Å²) in [6.07, 6.45) is -0.949. The van der Waals surface area contributed by atoms with Gasteiger partial charge in [-0.05, 0) is 53.9 Å². The van der Waals surface area contributed by atoms with Gasteiger partial charge < -0.3 is 9.84 Å². The number of rotatable bonds is 7. The van der Waals surface area contributed by atoms with Gasteiger partial charge in [0.25, 0.3) is 0 Å². The van der Waals surface area contributed by atoms with Crippen molar-refractivity contribution >= 4 is 20.8 Å². The molecule has 3 aromatic rings. The number of nitrogens with one attached hydrogen (secondary N) is 1. The Morgan fingerprint density at radius 1 is 1.07 bits per heavy atom. The number of aliphatic hydroxyl groups excluding tert-OH is 1. The topological polar surface area (TPSA) is 75.6 Å². The molecular weight excluding hydrogens is 362 g/mol. The minimum absolute atomic E-state index is 0.109. The number of aliphatic hydroxyl groups is 1. The largest absolute Gasteiger partial charge is 0.494 e. The van der Waals surface area contributed by atoms with Crippen molar-refractivity contribution in [3.05, 3.63) is 71.8 Å². The molecule has 0 fully saturated rings. The SMILES string of the molecule is CCOc1ccc(S(=O)(=O)NCC(O)c2cccc3ccccc23)cc1C. The lowest BCUT2D eigenvalue weighted by molar-refractivity contribution is 0.183. The molecule has 1 atom stereocenters. The number of aryl methyl sites for hydroxylation is 1. The summed E-state index contributed by atoms with van der Waals surface area (Å²) in [7, 11) is -3.74. The minimum Gasteiger partial charge on any atom is -0.494 e. The van der Waals surface area contributed by atoms with Gasteiger partial charge in [0.15, 0.2) is 0 Å². The van der Waals surface area contributed by atoms with Gasteiger partial charge in [0.05, 0.1) is 17.6 Å². The first kappa shape index (κ1) is 19.4. The van der Waals surface area contributed by atoms with Crippen LogP contribution >= 0.6 is 0 Å². The lowest BCUT2D eigenvalue weighted by atomic mass is 10.0. The molecule has 0 spiro atoms. The second-order valence-corrected chi connectivity index (χ2v) is 8.06. The summed E-state index contributed by atoms with van der Waals surface area (Å²) in [5, 5.41) is 12.5. The van der Waals surface area contributed by atoms with Crippen LogP contribution in [0.5, 0.6) is 5.75 Å². The van der Waals surface area contributed by atoms with Gasteiger partial charge in [-0.15, -0.1) is 0 Å². The number of ether oxygens (including phenoxy) is 1. The van der Waals surface area contributed by atoms with Crippen LogP contribution in [0, 0.1) is 6.92 Å². The van der Waals surface area contributed by atoms with Crippen molar-refractivity contribution in [2.45, 2.75) is 24.8 Å². The summed E-state index contributed by atoms with van der Waals surface area (Å²) in [6.45, 7) is 4.08. The zero-order chi connectivity index (χ0) is 19.4. The zero-order valence-corrected chi connectivity index (χ0v) is 16.2. The Hall–Kier alpha value is -2.41. The summed E-state index contributed by atoms with van der Waals surface area (Å²) in [4.78, 5) is 0.147. The van der Waals surface area contributed by atoms with Crippen molar-refractivity contribution in [2.24, 2.45) is 0 Å². The van der Waals surface area contributed by atoms with Crippen molar-refractivity contribution < 1.29 is 18.3 Å². The van der Waals surface area contributed by atoms with Crippen molar-refractivity contribution in [1.82, 2.24) is 4.72 Å². The molecule has 1 unspecified atom stereocenters. The van der Waals surface area contributed by atoms with Crippen molar-refractivity contribution in [3.63, 3.8) is 0 Å². The molecule has 0 aromatic heterocycles. The first-order valence-corrected chi connectivity index (χ1v) is 10.3. The summed E-state index contributed by atoms with van der Waals surface area (Å²) in [5.41, 5.74) is 1.44. The number of sulfonamides is 1. The summed E-state index contributed by atoms with van der Waals surface area (Å²) in [5.74, 6) is 0.659. The van der Waals surface area contributed by atoms with Gasteiger partial charge in [0.1, 0.15) is 5.75 Å². The van der Waals surface area contributed by atoms with E-state index < -0.39 is 16.1 Å². The molecule has 0 aliphatic heterocycles. The highest BCUT2D eigenvalue weighted by Crippen LogP contribution is 2.25. The Bertz CT molecular complexity index is 1040. The molecule has 5 nitrogen and oxygen atoms in total. The summed E-state index contributed by atoms with van der Waals surface area (Å²) >= 11 is 0. The van der Waals surface area contributed by atoms with E-state index in [1.807, 2.05) is 49.4 Å². The van der Waals surface area contributed by atoms with E-state index in [2.05, 4.69) is 4.72 Å². The van der Waals surface area contributed by atoms with Crippen LogP contribution in [0.25, 0.3) is 10.8 Å². The van der Waals surface area contributed by atoms with Crippen molar-refractivity contribution in [1.29, 1.82) is 0 Å². The average molecular weight is 385 g/mol. The molecule has 6 heteroatoms. The highest BCUT2D eigenvalue weighted by molar-refractivity contribution is 7.89. The van der Waals surface area contributed by atoms with E-state index in [-0.39, 0.29) is 11.4 Å². The fraction of sp³-hybridized carbons (Fsp3) is 0.238. The van der Waals surface area contributed by atoms with Gasteiger partial charge in [-0.25, -0.2) is 13.1 Å². The van der Waals surface area contributed by atoms with Crippen LogP contribution in [0.3, 0.4) is 0 Å². The smallest absolute Gasteiger partial charge is 0.240 e. The van der Waals surface area contributed by atoms with Crippen LogP contribution in [-0.2, 0) is 10.0 Å². The molecule has 0 amide bonds. The van der Waals surface area contributed by atoms with Crippen LogP contribution in [0.2, 0.25) is 0 Å². The lowest BCUT2D eigenvalue weighted by Gasteiger charge is -2.15. The third-order valence-electron chi connectivity index (χ3n) is 4.41. The molecule has 0 aliphatic carbocycles. The average Bonchev–Trinajstić information content (AvgIpc) is 2.67. The van der Waals surface area contributed by atoms with Crippen LogP contribution in [0.15, 0.2) is 65.6 Å². The maximum absolute atomic E-state index is 12.6. The van der Waals surface area contributed by atoms with Gasteiger partial charge in [0, 0.05) is 6.54 Å². The number of benzene rings is 3. The van der Waals surface area contributed by atoms with Crippen LogP contribution in [0.4, 0.5) is 0 Å². The normalized spacial score (nSPS) is 12.9. The predicted octanol–water partition coefficient (Wildman–Crippen LogP) is 3.56. The molecule has 3 aromatic carbocycles. The molecule has 0 saturated heterocycles. The molecule has 0 saturated carbocycles. The molecule has 3 rings (SSSR count). The number of hydrogen-bond donors (Lipinski definition) is 2. The molecule has 2 N–H and O–H groups in total. The minimum atomic E-state index is -3.74. The van der Waals surface area contributed by atoms with E-state index in [1.165, 1.54) is 6.07 Å². The first-order valence-electron chi connectivity index (χ1n) is 8.81. The quantitative estimate of drug-likeness (QED) is 0.652. The van der Waals surface area contributed by atoms with E-state index in [4.69, 9.17) is 4.74 Å². The maximum atomic E-state index is 12.6. The van der Waals surface area contributed by atoms with Crippen molar-refractivity contribution in [3.8, 4) is 5.75 Å². The van der Waals surface area contributed by atoms with Gasteiger partial charge >= 0.3 is 0 Å². The standard InChI is InChI=1S/C21H23NO4S/c1-3-26-21-12-11-17(13-15(21)2)27(24,25)22-14-20(23)19-10-6-8-16-7-4-5-9-18(16)19/h4-13,20,22-23H,3,14H2,1-2H3. The van der Waals surface area contributed by atoms with Gasteiger partial charge in [-0.3, -0.25) is 0 Å². The maximum Gasteiger partial charge on any atom is 0.240 e. The number of hydrogen-bond acceptors (Lipinski definition) is 4. The van der Waals surface area contributed by atoms with E-state index in [9.17, 15) is 13.5 Å². The molecule has 27 heavy (non-hydrogen) atoms. The van der Waals surface area contributed by atoms with Gasteiger partial charge in [-0.1, -0.05) is 42.5 Å². The highest BCUT2D eigenvalue weighted by atomic mass is 32.2.